The van der Waals surface area contributed by atoms with Crippen LogP contribution in [0.1, 0.15) is 5.56 Å². The van der Waals surface area contributed by atoms with E-state index in [0.717, 1.165) is 0 Å². The summed E-state index contributed by atoms with van der Waals surface area (Å²) in [4.78, 5) is -0.133. The molecule has 106 valence electrons. The molecule has 7 heteroatoms. The molecule has 0 aliphatic rings. The number of rotatable bonds is 3. The lowest BCUT2D eigenvalue weighted by Gasteiger charge is -2.09. The second-order valence-corrected chi connectivity index (χ2v) is 7.02. The second-order valence-electron chi connectivity index (χ2n) is 4.04. The fourth-order valence-electron chi connectivity index (χ4n) is 1.48. The van der Waals surface area contributed by atoms with Gasteiger partial charge in [0.25, 0.3) is 9.05 Å². The molecule has 0 aliphatic heterocycles. The third-order valence-corrected chi connectivity index (χ3v) is 4.20. The number of halogens is 3. The predicted octanol–water partition coefficient (Wildman–Crippen LogP) is 4.51. The Kier molecular flexibility index (Phi) is 4.22. The van der Waals surface area contributed by atoms with Crippen LogP contribution < -0.4 is 4.74 Å². The molecule has 0 atom stereocenters. The molecule has 0 saturated carbocycles. The number of hydrogen-bond donors (Lipinski definition) is 0. The molecule has 0 aliphatic carbocycles. The highest BCUT2D eigenvalue weighted by atomic mass is 35.7. The zero-order valence-corrected chi connectivity index (χ0v) is 12.6. The summed E-state index contributed by atoms with van der Waals surface area (Å²) < 4.78 is 41.1. The molecule has 0 unspecified atom stereocenters. The van der Waals surface area contributed by atoms with Gasteiger partial charge >= 0.3 is 0 Å². The SMILES string of the molecule is Cc1ccc(Oc2ccc(S(=O)(=O)Cl)cc2Cl)cc1F. The third-order valence-electron chi connectivity index (χ3n) is 2.56. The van der Waals surface area contributed by atoms with Crippen LogP contribution in [0.5, 0.6) is 11.5 Å². The summed E-state index contributed by atoms with van der Waals surface area (Å²) in [5, 5.41) is 0.0627. The van der Waals surface area contributed by atoms with Gasteiger partial charge in [-0.2, -0.15) is 0 Å². The van der Waals surface area contributed by atoms with Gasteiger partial charge in [-0.05, 0) is 36.8 Å². The smallest absolute Gasteiger partial charge is 0.261 e. The zero-order valence-electron chi connectivity index (χ0n) is 10.2. The van der Waals surface area contributed by atoms with Gasteiger partial charge in [-0.1, -0.05) is 17.7 Å². The maximum atomic E-state index is 13.4. The Labute approximate surface area is 125 Å². The van der Waals surface area contributed by atoms with E-state index in [0.29, 0.717) is 5.56 Å². The molecule has 3 nitrogen and oxygen atoms in total. The first-order valence-electron chi connectivity index (χ1n) is 5.45. The van der Waals surface area contributed by atoms with Gasteiger partial charge in [-0.25, -0.2) is 12.8 Å². The van der Waals surface area contributed by atoms with E-state index >= 15 is 0 Å². The quantitative estimate of drug-likeness (QED) is 0.775. The van der Waals surface area contributed by atoms with Crippen molar-refractivity contribution in [2.75, 3.05) is 0 Å². The van der Waals surface area contributed by atoms with Crippen LogP contribution in [0.25, 0.3) is 0 Å². The van der Waals surface area contributed by atoms with Gasteiger partial charge in [-0.3, -0.25) is 0 Å². The molecular weight excluding hydrogens is 326 g/mol. The fraction of sp³-hybridized carbons (Fsp3) is 0.0769. The highest BCUT2D eigenvalue weighted by Crippen LogP contribution is 2.32. The molecule has 2 aromatic carbocycles. The summed E-state index contributed by atoms with van der Waals surface area (Å²) in [5.74, 6) is 0.0639. The minimum atomic E-state index is -3.86. The molecule has 20 heavy (non-hydrogen) atoms. The summed E-state index contributed by atoms with van der Waals surface area (Å²) in [6.45, 7) is 1.63. The maximum Gasteiger partial charge on any atom is 0.261 e. The minimum absolute atomic E-state index is 0.0627. The molecule has 0 amide bonds. The van der Waals surface area contributed by atoms with Crippen molar-refractivity contribution < 1.29 is 17.5 Å². The summed E-state index contributed by atoms with van der Waals surface area (Å²) in [6, 6.07) is 8.15. The van der Waals surface area contributed by atoms with Crippen molar-refractivity contribution in [1.82, 2.24) is 0 Å². The van der Waals surface area contributed by atoms with Crippen molar-refractivity contribution >= 4 is 31.3 Å². The molecule has 0 spiro atoms. The van der Waals surface area contributed by atoms with E-state index in [1.807, 2.05) is 0 Å². The summed E-state index contributed by atoms with van der Waals surface area (Å²) in [7, 11) is 1.35. The standard InChI is InChI=1S/C13H9Cl2FO3S/c1-8-2-3-9(6-12(8)16)19-13-5-4-10(7-11(13)14)20(15,17)18/h2-7H,1H3. The van der Waals surface area contributed by atoms with Gasteiger partial charge in [0.2, 0.25) is 0 Å². The highest BCUT2D eigenvalue weighted by Gasteiger charge is 2.13. The molecule has 0 fully saturated rings. The van der Waals surface area contributed by atoms with Crippen LogP contribution in [0.2, 0.25) is 5.02 Å². The third kappa shape index (κ3) is 3.42. The van der Waals surface area contributed by atoms with Gasteiger partial charge in [0.05, 0.1) is 9.92 Å². The first kappa shape index (κ1) is 15.1. The Morgan fingerprint density at radius 3 is 2.40 bits per heavy atom. The second kappa shape index (κ2) is 5.60. The van der Waals surface area contributed by atoms with Crippen molar-refractivity contribution in [2.45, 2.75) is 11.8 Å². The summed E-state index contributed by atoms with van der Waals surface area (Å²) >= 11 is 5.91. The Hall–Kier alpha value is -1.30. The molecule has 0 heterocycles. The van der Waals surface area contributed by atoms with E-state index in [1.165, 1.54) is 24.3 Å². The number of hydrogen-bond acceptors (Lipinski definition) is 3. The molecule has 0 saturated heterocycles. The van der Waals surface area contributed by atoms with Crippen molar-refractivity contribution in [1.29, 1.82) is 0 Å². The van der Waals surface area contributed by atoms with Gasteiger partial charge in [-0.15, -0.1) is 0 Å². The lowest BCUT2D eigenvalue weighted by Crippen LogP contribution is -1.92. The van der Waals surface area contributed by atoms with E-state index in [4.69, 9.17) is 27.0 Å². The topological polar surface area (TPSA) is 43.4 Å². The largest absolute Gasteiger partial charge is 0.456 e. The lowest BCUT2D eigenvalue weighted by molar-refractivity contribution is 0.476. The average molecular weight is 335 g/mol. The number of aryl methyl sites for hydroxylation is 1. The lowest BCUT2D eigenvalue weighted by atomic mass is 10.2. The number of ether oxygens (including phenoxy) is 1. The fourth-order valence-corrected chi connectivity index (χ4v) is 2.54. The van der Waals surface area contributed by atoms with Gasteiger partial charge < -0.3 is 4.74 Å². The van der Waals surface area contributed by atoms with Gasteiger partial charge in [0, 0.05) is 16.7 Å². The Morgan fingerprint density at radius 1 is 1.15 bits per heavy atom. The first-order chi connectivity index (χ1) is 9.27. The van der Waals surface area contributed by atoms with Crippen LogP contribution in [0.4, 0.5) is 4.39 Å². The van der Waals surface area contributed by atoms with Crippen LogP contribution in [-0.4, -0.2) is 8.42 Å². The van der Waals surface area contributed by atoms with Crippen molar-refractivity contribution in [2.24, 2.45) is 0 Å². The van der Waals surface area contributed by atoms with E-state index < -0.39 is 14.9 Å². The van der Waals surface area contributed by atoms with Crippen LogP contribution >= 0.6 is 22.3 Å². The molecule has 0 aromatic heterocycles. The molecule has 0 bridgehead atoms. The monoisotopic (exact) mass is 334 g/mol. The van der Waals surface area contributed by atoms with E-state index in [9.17, 15) is 12.8 Å². The van der Waals surface area contributed by atoms with Gasteiger partial charge in [0.15, 0.2) is 0 Å². The maximum absolute atomic E-state index is 13.4. The van der Waals surface area contributed by atoms with Crippen molar-refractivity contribution in [3.8, 4) is 11.5 Å². The number of benzene rings is 2. The van der Waals surface area contributed by atoms with E-state index in [2.05, 4.69) is 0 Å². The van der Waals surface area contributed by atoms with Crippen LogP contribution in [-0.2, 0) is 9.05 Å². The van der Waals surface area contributed by atoms with Crippen LogP contribution in [0.3, 0.4) is 0 Å². The summed E-state index contributed by atoms with van der Waals surface area (Å²) in [5.41, 5.74) is 0.493. The zero-order chi connectivity index (χ0) is 14.9. The normalized spacial score (nSPS) is 11.4. The van der Waals surface area contributed by atoms with E-state index in [-0.39, 0.29) is 21.4 Å². The highest BCUT2D eigenvalue weighted by molar-refractivity contribution is 8.13. The van der Waals surface area contributed by atoms with Gasteiger partial charge in [0.1, 0.15) is 17.3 Å². The van der Waals surface area contributed by atoms with E-state index in [1.54, 1.807) is 19.1 Å². The predicted molar refractivity (Wildman–Crippen MR) is 75.7 cm³/mol. The Morgan fingerprint density at radius 2 is 1.85 bits per heavy atom. The van der Waals surface area contributed by atoms with Crippen LogP contribution in [0, 0.1) is 12.7 Å². The molecular formula is C13H9Cl2FO3S. The van der Waals surface area contributed by atoms with Crippen molar-refractivity contribution in [3.63, 3.8) is 0 Å². The molecule has 2 rings (SSSR count). The molecule has 0 N–H and O–H groups in total. The summed E-state index contributed by atoms with van der Waals surface area (Å²) in [6.07, 6.45) is 0. The minimum Gasteiger partial charge on any atom is -0.456 e. The Balaban J connectivity index is 2.32. The van der Waals surface area contributed by atoms with Crippen molar-refractivity contribution in [3.05, 3.63) is 52.8 Å². The first-order valence-corrected chi connectivity index (χ1v) is 8.14. The Bertz CT molecular complexity index is 760. The van der Waals surface area contributed by atoms with Crippen LogP contribution in [0.15, 0.2) is 41.3 Å². The molecule has 2 aromatic rings. The average Bonchev–Trinajstić information content (AvgIpc) is 2.35. The molecule has 0 radical (unpaired) electrons.